The van der Waals surface area contributed by atoms with Gasteiger partial charge in [0.15, 0.2) is 0 Å². The first-order chi connectivity index (χ1) is 21.1. The van der Waals surface area contributed by atoms with Crippen LogP contribution in [0.15, 0.2) is 42.5 Å². The molecule has 2 aromatic carbocycles. The Balaban J connectivity index is 1.02. The van der Waals surface area contributed by atoms with Crippen molar-refractivity contribution in [3.8, 4) is 11.8 Å². The molecular weight excluding hydrogens is 578 g/mol. The second kappa shape index (κ2) is 14.1. The van der Waals surface area contributed by atoms with Crippen LogP contribution < -0.4 is 15.0 Å². The molecule has 0 spiro atoms. The van der Waals surface area contributed by atoms with E-state index >= 15 is 0 Å². The monoisotopic (exact) mass is 621 g/mol. The van der Waals surface area contributed by atoms with Crippen LogP contribution in [0.3, 0.4) is 0 Å². The Morgan fingerprint density at radius 1 is 0.909 bits per heavy atom. The minimum absolute atomic E-state index is 0.0379. The number of halogens is 1. The SMILES string of the molecule is CC(C)(C)OC(=O)N1CCN(C2CCN(c3ccc(C(=O)NC4CCC(Oc5ccc(C#N)c(Cl)c5)CC4)cc3)CC2)CC1. The summed E-state index contributed by atoms with van der Waals surface area (Å²) in [5.74, 6) is 0.632. The third kappa shape index (κ3) is 8.36. The highest BCUT2D eigenvalue weighted by atomic mass is 35.5. The van der Waals surface area contributed by atoms with Gasteiger partial charge in [-0.3, -0.25) is 9.69 Å². The molecule has 0 atom stereocenters. The number of hydrogen-bond acceptors (Lipinski definition) is 7. The van der Waals surface area contributed by atoms with Crippen molar-refractivity contribution in [1.82, 2.24) is 15.1 Å². The summed E-state index contributed by atoms with van der Waals surface area (Å²) in [5, 5.41) is 12.7. The van der Waals surface area contributed by atoms with E-state index in [1.165, 1.54) is 0 Å². The van der Waals surface area contributed by atoms with Gasteiger partial charge in [0.05, 0.1) is 16.7 Å². The van der Waals surface area contributed by atoms with Crippen molar-refractivity contribution in [2.24, 2.45) is 0 Å². The van der Waals surface area contributed by atoms with Crippen LogP contribution in [0, 0.1) is 11.3 Å². The van der Waals surface area contributed by atoms with E-state index in [0.29, 0.717) is 41.0 Å². The first kappa shape index (κ1) is 31.9. The van der Waals surface area contributed by atoms with Crippen LogP contribution in [0.4, 0.5) is 10.5 Å². The fourth-order valence-corrected chi connectivity index (χ4v) is 6.57. The summed E-state index contributed by atoms with van der Waals surface area (Å²) < 4.78 is 11.6. The molecule has 236 valence electrons. The number of amides is 2. The lowest BCUT2D eigenvalue weighted by molar-refractivity contribution is 0.00901. The van der Waals surface area contributed by atoms with Crippen LogP contribution in [0.2, 0.25) is 5.02 Å². The van der Waals surface area contributed by atoms with Crippen LogP contribution in [0.25, 0.3) is 0 Å². The van der Waals surface area contributed by atoms with E-state index in [4.69, 9.17) is 26.3 Å². The number of anilines is 1. The van der Waals surface area contributed by atoms with Crippen molar-refractivity contribution >= 4 is 29.3 Å². The van der Waals surface area contributed by atoms with Gasteiger partial charge in [-0.2, -0.15) is 5.26 Å². The van der Waals surface area contributed by atoms with Crippen molar-refractivity contribution in [1.29, 1.82) is 5.26 Å². The predicted molar refractivity (Wildman–Crippen MR) is 171 cm³/mol. The topological polar surface area (TPSA) is 98.1 Å². The Morgan fingerprint density at radius 3 is 2.16 bits per heavy atom. The van der Waals surface area contributed by atoms with Crippen LogP contribution in [0.5, 0.6) is 5.75 Å². The molecule has 3 aliphatic rings. The number of piperidine rings is 1. The molecule has 10 heteroatoms. The van der Waals surface area contributed by atoms with Gasteiger partial charge in [0.2, 0.25) is 0 Å². The number of piperazine rings is 1. The van der Waals surface area contributed by atoms with Crippen molar-refractivity contribution in [2.45, 2.75) is 83.1 Å². The molecule has 1 aliphatic carbocycles. The maximum Gasteiger partial charge on any atom is 0.410 e. The molecule has 1 saturated carbocycles. The zero-order valence-corrected chi connectivity index (χ0v) is 26.8. The molecule has 3 fully saturated rings. The Kier molecular flexibility index (Phi) is 10.2. The molecule has 2 heterocycles. The summed E-state index contributed by atoms with van der Waals surface area (Å²) in [6, 6.07) is 15.8. The summed E-state index contributed by atoms with van der Waals surface area (Å²) in [7, 11) is 0. The molecule has 44 heavy (non-hydrogen) atoms. The smallest absolute Gasteiger partial charge is 0.410 e. The molecule has 0 bridgehead atoms. The number of nitriles is 1. The third-order valence-electron chi connectivity index (χ3n) is 8.81. The lowest BCUT2D eigenvalue weighted by atomic mass is 9.92. The van der Waals surface area contributed by atoms with E-state index in [2.05, 4.69) is 33.3 Å². The zero-order valence-electron chi connectivity index (χ0n) is 26.1. The summed E-state index contributed by atoms with van der Waals surface area (Å²) in [6.45, 7) is 10.8. The van der Waals surface area contributed by atoms with E-state index in [-0.39, 0.29) is 24.1 Å². The van der Waals surface area contributed by atoms with Crippen LogP contribution >= 0.6 is 11.6 Å². The second-order valence-electron chi connectivity index (χ2n) is 13.1. The maximum atomic E-state index is 13.0. The summed E-state index contributed by atoms with van der Waals surface area (Å²) in [4.78, 5) is 32.1. The molecule has 0 unspecified atom stereocenters. The Labute approximate surface area is 266 Å². The van der Waals surface area contributed by atoms with E-state index in [0.717, 1.165) is 70.4 Å². The average molecular weight is 622 g/mol. The number of hydrogen-bond donors (Lipinski definition) is 1. The van der Waals surface area contributed by atoms with E-state index in [1.54, 1.807) is 18.2 Å². The molecule has 1 N–H and O–H groups in total. The number of benzene rings is 2. The molecular formula is C34H44ClN5O4. The molecule has 5 rings (SSSR count). The molecule has 2 amide bonds. The molecule has 2 saturated heterocycles. The van der Waals surface area contributed by atoms with Gasteiger partial charge in [0, 0.05) is 68.7 Å². The highest BCUT2D eigenvalue weighted by Gasteiger charge is 2.31. The Bertz CT molecular complexity index is 1330. The molecule has 0 aromatic heterocycles. The van der Waals surface area contributed by atoms with Gasteiger partial charge in [-0.1, -0.05) is 11.6 Å². The zero-order chi connectivity index (χ0) is 31.3. The fraction of sp³-hybridized carbons (Fsp3) is 0.559. The lowest BCUT2D eigenvalue weighted by Gasteiger charge is -2.43. The molecule has 2 aromatic rings. The number of nitrogens with one attached hydrogen (secondary N) is 1. The van der Waals surface area contributed by atoms with E-state index in [1.807, 2.05) is 37.8 Å². The summed E-state index contributed by atoms with van der Waals surface area (Å²) in [6.07, 6.45) is 5.41. The van der Waals surface area contributed by atoms with Crippen molar-refractivity contribution in [3.63, 3.8) is 0 Å². The number of carbonyl (C=O) groups excluding carboxylic acids is 2. The van der Waals surface area contributed by atoms with Crippen molar-refractivity contribution < 1.29 is 19.1 Å². The normalized spacial score (nSPS) is 21.8. The first-order valence-corrected chi connectivity index (χ1v) is 16.2. The van der Waals surface area contributed by atoms with E-state index in [9.17, 15) is 9.59 Å². The van der Waals surface area contributed by atoms with Crippen LogP contribution in [0.1, 0.15) is 75.2 Å². The highest BCUT2D eigenvalue weighted by Crippen LogP contribution is 2.28. The average Bonchev–Trinajstić information content (AvgIpc) is 3.01. The van der Waals surface area contributed by atoms with Crippen molar-refractivity contribution in [2.75, 3.05) is 44.2 Å². The highest BCUT2D eigenvalue weighted by molar-refractivity contribution is 6.31. The number of carbonyl (C=O) groups is 2. The molecule has 0 radical (unpaired) electrons. The minimum atomic E-state index is -0.468. The second-order valence-corrected chi connectivity index (χ2v) is 13.5. The number of nitrogens with zero attached hydrogens (tertiary/aromatic N) is 4. The largest absolute Gasteiger partial charge is 0.490 e. The Morgan fingerprint density at radius 2 is 1.57 bits per heavy atom. The van der Waals surface area contributed by atoms with Gasteiger partial charge in [0.1, 0.15) is 17.4 Å². The van der Waals surface area contributed by atoms with Crippen LogP contribution in [-0.4, -0.2) is 84.9 Å². The lowest BCUT2D eigenvalue weighted by Crippen LogP contribution is -2.55. The van der Waals surface area contributed by atoms with Crippen molar-refractivity contribution in [3.05, 3.63) is 58.6 Å². The van der Waals surface area contributed by atoms with Gasteiger partial charge < -0.3 is 24.6 Å². The van der Waals surface area contributed by atoms with E-state index < -0.39 is 5.60 Å². The predicted octanol–water partition coefficient (Wildman–Crippen LogP) is 5.85. The quantitative estimate of drug-likeness (QED) is 0.432. The summed E-state index contributed by atoms with van der Waals surface area (Å²) in [5.41, 5.74) is 1.79. The van der Waals surface area contributed by atoms with Gasteiger partial charge in [0.25, 0.3) is 5.91 Å². The van der Waals surface area contributed by atoms with Gasteiger partial charge in [-0.25, -0.2) is 4.79 Å². The standard InChI is InChI=1S/C34H44ClN5O4/c1-34(2,3)44-33(42)40-20-18-39(19-21-40)28-14-16-38(17-15-28)27-9-4-24(5-10-27)32(41)37-26-7-12-29(13-8-26)43-30-11-6-25(23-36)31(35)22-30/h4-6,9-11,22,26,28-29H,7-8,12-21H2,1-3H3,(H,37,41). The van der Waals surface area contributed by atoms with Crippen LogP contribution in [-0.2, 0) is 4.74 Å². The fourth-order valence-electron chi connectivity index (χ4n) is 6.35. The maximum absolute atomic E-state index is 13.0. The van der Waals surface area contributed by atoms with Gasteiger partial charge >= 0.3 is 6.09 Å². The number of ether oxygens (including phenoxy) is 2. The van der Waals surface area contributed by atoms with Gasteiger partial charge in [-0.15, -0.1) is 0 Å². The minimum Gasteiger partial charge on any atom is -0.490 e. The number of rotatable bonds is 6. The molecule has 2 aliphatic heterocycles. The Hall–Kier alpha value is -3.48. The molecule has 9 nitrogen and oxygen atoms in total. The third-order valence-corrected chi connectivity index (χ3v) is 9.13. The van der Waals surface area contributed by atoms with Gasteiger partial charge in [-0.05, 0) is 95.7 Å². The first-order valence-electron chi connectivity index (χ1n) is 15.8. The summed E-state index contributed by atoms with van der Waals surface area (Å²) >= 11 is 6.13.